The molecule has 134 valence electrons. The van der Waals surface area contributed by atoms with Crippen LogP contribution in [0.25, 0.3) is 11.0 Å². The van der Waals surface area contributed by atoms with E-state index < -0.39 is 0 Å². The summed E-state index contributed by atoms with van der Waals surface area (Å²) >= 11 is 0. The molecule has 0 radical (unpaired) electrons. The van der Waals surface area contributed by atoms with E-state index in [-0.39, 0.29) is 24.0 Å². The smallest absolute Gasteiger partial charge is 0.226 e. The standard InChI is InChI=1S/C21H23N3O2/c1-14(20-23-17-11-5-6-12-18(17)24-20)22-21(25)16-10-7-13-26-19(16)15-8-3-2-4-9-15/h2-6,8-9,11-12,14,16,19H,7,10,13H2,1H3,(H,22,25)(H,23,24). The summed E-state index contributed by atoms with van der Waals surface area (Å²) in [6.07, 6.45) is 1.55. The van der Waals surface area contributed by atoms with E-state index >= 15 is 0 Å². The first kappa shape index (κ1) is 16.8. The second-order valence-electron chi connectivity index (χ2n) is 6.82. The fraction of sp³-hybridized carbons (Fsp3) is 0.333. The summed E-state index contributed by atoms with van der Waals surface area (Å²) in [5, 5.41) is 3.11. The molecule has 0 bridgehead atoms. The summed E-state index contributed by atoms with van der Waals surface area (Å²) in [5.41, 5.74) is 2.95. The minimum Gasteiger partial charge on any atom is -0.373 e. The Morgan fingerprint density at radius 2 is 1.96 bits per heavy atom. The minimum atomic E-state index is -0.187. The number of rotatable bonds is 4. The number of H-pyrrole nitrogens is 1. The number of imidazole rings is 1. The van der Waals surface area contributed by atoms with Gasteiger partial charge in [-0.3, -0.25) is 4.79 Å². The fourth-order valence-electron chi connectivity index (χ4n) is 3.59. The van der Waals surface area contributed by atoms with Crippen LogP contribution in [0.4, 0.5) is 0 Å². The highest BCUT2D eigenvalue weighted by Crippen LogP contribution is 2.34. The predicted molar refractivity (Wildman–Crippen MR) is 101 cm³/mol. The lowest BCUT2D eigenvalue weighted by molar-refractivity contribution is -0.135. The number of fused-ring (bicyclic) bond motifs is 1. The Hall–Kier alpha value is -2.66. The molecule has 2 heterocycles. The van der Waals surface area contributed by atoms with Gasteiger partial charge < -0.3 is 15.0 Å². The maximum atomic E-state index is 12.9. The van der Waals surface area contributed by atoms with Crippen LogP contribution in [0, 0.1) is 5.92 Å². The van der Waals surface area contributed by atoms with Crippen molar-refractivity contribution in [2.24, 2.45) is 5.92 Å². The van der Waals surface area contributed by atoms with E-state index in [2.05, 4.69) is 15.3 Å². The van der Waals surface area contributed by atoms with Crippen molar-refractivity contribution in [2.45, 2.75) is 31.9 Å². The van der Waals surface area contributed by atoms with Crippen molar-refractivity contribution >= 4 is 16.9 Å². The topological polar surface area (TPSA) is 67.0 Å². The number of nitrogens with one attached hydrogen (secondary N) is 2. The van der Waals surface area contributed by atoms with E-state index in [1.165, 1.54) is 0 Å². The number of aromatic nitrogens is 2. The number of benzene rings is 2. The molecule has 5 heteroatoms. The minimum absolute atomic E-state index is 0.0199. The van der Waals surface area contributed by atoms with E-state index in [9.17, 15) is 4.79 Å². The highest BCUT2D eigenvalue weighted by atomic mass is 16.5. The Labute approximate surface area is 152 Å². The molecule has 1 aliphatic rings. The molecule has 3 atom stereocenters. The second-order valence-corrected chi connectivity index (χ2v) is 6.82. The van der Waals surface area contributed by atoms with Crippen LogP contribution in [0.2, 0.25) is 0 Å². The Morgan fingerprint density at radius 1 is 1.19 bits per heavy atom. The Balaban J connectivity index is 1.50. The predicted octanol–water partition coefficient (Wildman–Crippen LogP) is 3.91. The first-order chi connectivity index (χ1) is 12.7. The molecular weight excluding hydrogens is 326 g/mol. The molecule has 5 nitrogen and oxygen atoms in total. The monoisotopic (exact) mass is 349 g/mol. The summed E-state index contributed by atoms with van der Waals surface area (Å²) in [4.78, 5) is 20.8. The zero-order chi connectivity index (χ0) is 17.9. The number of carbonyl (C=O) groups is 1. The highest BCUT2D eigenvalue weighted by Gasteiger charge is 2.33. The first-order valence-corrected chi connectivity index (χ1v) is 9.14. The SMILES string of the molecule is CC(NC(=O)C1CCCOC1c1ccccc1)c1nc2ccccc2[nH]1. The van der Waals surface area contributed by atoms with Crippen molar-refractivity contribution in [1.29, 1.82) is 0 Å². The van der Waals surface area contributed by atoms with Gasteiger partial charge in [-0.25, -0.2) is 4.98 Å². The summed E-state index contributed by atoms with van der Waals surface area (Å²) in [7, 11) is 0. The number of nitrogens with zero attached hydrogens (tertiary/aromatic N) is 1. The molecule has 26 heavy (non-hydrogen) atoms. The number of carbonyl (C=O) groups excluding carboxylic acids is 1. The van der Waals surface area contributed by atoms with Crippen molar-refractivity contribution in [3.63, 3.8) is 0 Å². The van der Waals surface area contributed by atoms with Crippen molar-refractivity contribution in [3.05, 3.63) is 66.0 Å². The van der Waals surface area contributed by atoms with Gasteiger partial charge in [0.05, 0.1) is 29.1 Å². The van der Waals surface area contributed by atoms with Gasteiger partial charge in [0.25, 0.3) is 0 Å². The van der Waals surface area contributed by atoms with Gasteiger partial charge in [-0.05, 0) is 37.5 Å². The lowest BCUT2D eigenvalue weighted by atomic mass is 9.88. The van der Waals surface area contributed by atoms with Crippen molar-refractivity contribution < 1.29 is 9.53 Å². The maximum Gasteiger partial charge on any atom is 0.226 e. The van der Waals surface area contributed by atoms with Gasteiger partial charge in [0.1, 0.15) is 5.82 Å². The molecule has 1 aromatic heterocycles. The summed E-state index contributed by atoms with van der Waals surface area (Å²) in [6.45, 7) is 2.65. The van der Waals surface area contributed by atoms with Gasteiger partial charge in [0.2, 0.25) is 5.91 Å². The lowest BCUT2D eigenvalue weighted by Gasteiger charge is -2.31. The zero-order valence-electron chi connectivity index (χ0n) is 14.8. The summed E-state index contributed by atoms with van der Waals surface area (Å²) < 4.78 is 5.95. The average Bonchev–Trinajstić information content (AvgIpc) is 3.13. The third kappa shape index (κ3) is 3.35. The molecule has 2 N–H and O–H groups in total. The molecule has 1 aliphatic heterocycles. The van der Waals surface area contributed by atoms with Crippen LogP contribution < -0.4 is 5.32 Å². The number of amides is 1. The number of aromatic amines is 1. The van der Waals surface area contributed by atoms with Gasteiger partial charge in [0, 0.05) is 6.61 Å². The molecule has 3 unspecified atom stereocenters. The number of ether oxygens (including phenoxy) is 1. The lowest BCUT2D eigenvalue weighted by Crippen LogP contribution is -2.39. The van der Waals surface area contributed by atoms with Gasteiger partial charge in [-0.15, -0.1) is 0 Å². The average molecular weight is 349 g/mol. The van der Waals surface area contributed by atoms with Crippen molar-refractivity contribution in [1.82, 2.24) is 15.3 Å². The van der Waals surface area contributed by atoms with Crippen LogP contribution in [0.1, 0.15) is 43.3 Å². The molecule has 1 fully saturated rings. The maximum absolute atomic E-state index is 12.9. The highest BCUT2D eigenvalue weighted by molar-refractivity contribution is 5.80. The van der Waals surface area contributed by atoms with E-state index in [4.69, 9.17) is 4.74 Å². The molecule has 4 rings (SSSR count). The van der Waals surface area contributed by atoms with Crippen LogP contribution in [0.5, 0.6) is 0 Å². The molecule has 1 amide bonds. The normalized spacial score (nSPS) is 21.4. The molecule has 1 saturated heterocycles. The summed E-state index contributed by atoms with van der Waals surface area (Å²) in [6, 6.07) is 17.7. The van der Waals surface area contributed by atoms with Crippen LogP contribution in [0.3, 0.4) is 0 Å². The molecular formula is C21H23N3O2. The third-order valence-corrected chi connectivity index (χ3v) is 4.96. The molecule has 0 saturated carbocycles. The third-order valence-electron chi connectivity index (χ3n) is 4.96. The van der Waals surface area contributed by atoms with Gasteiger partial charge >= 0.3 is 0 Å². The van der Waals surface area contributed by atoms with Crippen molar-refractivity contribution in [2.75, 3.05) is 6.61 Å². The van der Waals surface area contributed by atoms with Crippen LogP contribution in [0.15, 0.2) is 54.6 Å². The first-order valence-electron chi connectivity index (χ1n) is 9.14. The van der Waals surface area contributed by atoms with Crippen molar-refractivity contribution in [3.8, 4) is 0 Å². The second kappa shape index (κ2) is 7.30. The molecule has 0 aliphatic carbocycles. The van der Waals surface area contributed by atoms with Crippen LogP contribution >= 0.6 is 0 Å². The Morgan fingerprint density at radius 3 is 2.77 bits per heavy atom. The Kier molecular flexibility index (Phi) is 4.71. The summed E-state index contributed by atoms with van der Waals surface area (Å²) in [5.74, 6) is 0.608. The molecule has 0 spiro atoms. The van der Waals surface area contributed by atoms with Gasteiger partial charge in [-0.1, -0.05) is 42.5 Å². The molecule has 3 aromatic rings. The van der Waals surface area contributed by atoms with Gasteiger partial charge in [0.15, 0.2) is 0 Å². The molecule has 2 aromatic carbocycles. The number of para-hydroxylation sites is 2. The zero-order valence-corrected chi connectivity index (χ0v) is 14.8. The van der Waals surface area contributed by atoms with E-state index in [1.54, 1.807) is 0 Å². The van der Waals surface area contributed by atoms with E-state index in [1.807, 2.05) is 61.5 Å². The fourth-order valence-corrected chi connectivity index (χ4v) is 3.59. The van der Waals surface area contributed by atoms with E-state index in [0.717, 1.165) is 35.3 Å². The largest absolute Gasteiger partial charge is 0.373 e. The Bertz CT molecular complexity index is 857. The quantitative estimate of drug-likeness (QED) is 0.750. The van der Waals surface area contributed by atoms with Crippen LogP contribution in [-0.4, -0.2) is 22.5 Å². The van der Waals surface area contributed by atoms with Crippen LogP contribution in [-0.2, 0) is 9.53 Å². The number of hydrogen-bond donors (Lipinski definition) is 2. The van der Waals surface area contributed by atoms with Gasteiger partial charge in [-0.2, -0.15) is 0 Å². The van der Waals surface area contributed by atoms with E-state index in [0.29, 0.717) is 6.61 Å². The number of hydrogen-bond acceptors (Lipinski definition) is 3.